The minimum Gasteiger partial charge on any atom is -0.376 e. The third-order valence-electron chi connectivity index (χ3n) is 9.38. The van der Waals surface area contributed by atoms with Gasteiger partial charge in [0.15, 0.2) is 17.4 Å². The molecule has 0 amide bonds. The molecule has 6 N–H and O–H groups in total. The SMILES string of the molecule is C(OCC1CO1)C1CO1.OC1(O)CCCCCCCCC1.OC1(O)CCCCCCCCC1.OC1(O)CCCCCCCCC1. The van der Waals surface area contributed by atoms with Crippen LogP contribution in [0.15, 0.2) is 0 Å². The minimum absolute atomic E-state index is 0.392. The van der Waals surface area contributed by atoms with Crippen molar-refractivity contribution >= 4 is 0 Å². The van der Waals surface area contributed by atoms with Crippen LogP contribution < -0.4 is 0 Å². The lowest BCUT2D eigenvalue weighted by Gasteiger charge is -2.22. The summed E-state index contributed by atoms with van der Waals surface area (Å²) >= 11 is 0. The fourth-order valence-corrected chi connectivity index (χ4v) is 6.13. The highest BCUT2D eigenvalue weighted by molar-refractivity contribution is 4.71. The van der Waals surface area contributed by atoms with Crippen molar-refractivity contribution < 1.29 is 44.8 Å². The lowest BCUT2D eigenvalue weighted by atomic mass is 9.97. The minimum atomic E-state index is -1.36. The summed E-state index contributed by atoms with van der Waals surface area (Å²) in [5.41, 5.74) is 0. The lowest BCUT2D eigenvalue weighted by Crippen LogP contribution is -2.27. The van der Waals surface area contributed by atoms with E-state index in [1.54, 1.807) is 0 Å². The molecule has 2 heterocycles. The van der Waals surface area contributed by atoms with E-state index in [2.05, 4.69) is 0 Å². The smallest absolute Gasteiger partial charge is 0.162 e. The van der Waals surface area contributed by atoms with Gasteiger partial charge in [-0.05, 0) is 38.5 Å². The van der Waals surface area contributed by atoms with Crippen LogP contribution in [0.5, 0.6) is 0 Å². The number of ether oxygens (including phenoxy) is 3. The molecule has 0 radical (unpaired) electrons. The van der Waals surface area contributed by atoms with E-state index < -0.39 is 17.4 Å². The molecule has 2 saturated heterocycles. The average molecular weight is 647 g/mol. The van der Waals surface area contributed by atoms with Gasteiger partial charge in [0.2, 0.25) is 0 Å². The van der Waals surface area contributed by atoms with E-state index in [4.69, 9.17) is 14.2 Å². The van der Waals surface area contributed by atoms with Gasteiger partial charge in [-0.15, -0.1) is 0 Å². The van der Waals surface area contributed by atoms with Gasteiger partial charge in [-0.3, -0.25) is 0 Å². The molecule has 0 aromatic heterocycles. The van der Waals surface area contributed by atoms with Crippen LogP contribution in [0.25, 0.3) is 0 Å². The van der Waals surface area contributed by atoms with Crippen LogP contribution >= 0.6 is 0 Å². The Morgan fingerprint density at radius 3 is 0.711 bits per heavy atom. The summed E-state index contributed by atoms with van der Waals surface area (Å²) in [6.07, 6.45) is 28.4. The van der Waals surface area contributed by atoms with Gasteiger partial charge in [-0.25, -0.2) is 0 Å². The summed E-state index contributed by atoms with van der Waals surface area (Å²) in [5.74, 6) is -4.09. The molecule has 9 nitrogen and oxygen atoms in total. The molecule has 268 valence electrons. The fourth-order valence-electron chi connectivity index (χ4n) is 6.13. The van der Waals surface area contributed by atoms with Gasteiger partial charge in [0, 0.05) is 38.5 Å². The molecule has 5 rings (SSSR count). The predicted molar refractivity (Wildman–Crippen MR) is 176 cm³/mol. The summed E-state index contributed by atoms with van der Waals surface area (Å²) in [6, 6.07) is 0. The number of rotatable bonds is 4. The van der Waals surface area contributed by atoms with Gasteiger partial charge in [0.05, 0.1) is 26.4 Å². The predicted octanol–water partition coefficient (Wildman–Crippen LogP) is 6.38. The second-order valence-corrected chi connectivity index (χ2v) is 14.3. The van der Waals surface area contributed by atoms with E-state index in [1.165, 1.54) is 57.8 Å². The topological polar surface area (TPSA) is 156 Å². The van der Waals surface area contributed by atoms with Crippen molar-refractivity contribution in [1.29, 1.82) is 0 Å². The maximum absolute atomic E-state index is 9.45. The van der Waals surface area contributed by atoms with E-state index in [0.29, 0.717) is 50.7 Å². The molecular formula is C36H70O9. The van der Waals surface area contributed by atoms with Gasteiger partial charge in [-0.1, -0.05) is 96.3 Å². The molecule has 0 bridgehead atoms. The second-order valence-electron chi connectivity index (χ2n) is 14.3. The summed E-state index contributed by atoms with van der Waals surface area (Å²) in [6.45, 7) is 3.26. The first kappa shape index (κ1) is 40.8. The zero-order valence-corrected chi connectivity index (χ0v) is 28.5. The van der Waals surface area contributed by atoms with Gasteiger partial charge in [-0.2, -0.15) is 0 Å². The average Bonchev–Trinajstić information content (AvgIpc) is 3.93. The fraction of sp³-hybridized carbons (Fsp3) is 1.00. The normalized spacial score (nSPS) is 28.9. The van der Waals surface area contributed by atoms with Gasteiger partial charge in [0.1, 0.15) is 12.2 Å². The first-order valence-electron chi connectivity index (χ1n) is 18.7. The van der Waals surface area contributed by atoms with Crippen molar-refractivity contribution in [3.63, 3.8) is 0 Å². The monoisotopic (exact) mass is 647 g/mol. The summed E-state index contributed by atoms with van der Waals surface area (Å²) in [7, 11) is 0. The molecule has 0 spiro atoms. The highest BCUT2D eigenvalue weighted by atomic mass is 16.6. The van der Waals surface area contributed by atoms with E-state index in [0.717, 1.165) is 103 Å². The van der Waals surface area contributed by atoms with Crippen molar-refractivity contribution in [3.05, 3.63) is 0 Å². The van der Waals surface area contributed by atoms with E-state index >= 15 is 0 Å². The van der Waals surface area contributed by atoms with Crippen molar-refractivity contribution in [2.24, 2.45) is 0 Å². The van der Waals surface area contributed by atoms with Gasteiger partial charge in [0.25, 0.3) is 0 Å². The Balaban J connectivity index is 0.000000210. The molecule has 0 aromatic carbocycles. The van der Waals surface area contributed by atoms with Crippen LogP contribution in [-0.2, 0) is 14.2 Å². The number of epoxide rings is 2. The Morgan fingerprint density at radius 1 is 0.356 bits per heavy atom. The quantitative estimate of drug-likeness (QED) is 0.151. The molecule has 9 heteroatoms. The van der Waals surface area contributed by atoms with Crippen LogP contribution in [0.4, 0.5) is 0 Å². The van der Waals surface area contributed by atoms with Crippen molar-refractivity contribution in [1.82, 2.24) is 0 Å². The molecule has 3 saturated carbocycles. The van der Waals surface area contributed by atoms with Crippen LogP contribution in [-0.4, -0.2) is 86.6 Å². The van der Waals surface area contributed by atoms with Crippen molar-refractivity contribution in [2.75, 3.05) is 26.4 Å². The van der Waals surface area contributed by atoms with E-state index in [9.17, 15) is 30.6 Å². The molecule has 2 atom stereocenters. The lowest BCUT2D eigenvalue weighted by molar-refractivity contribution is -0.173. The highest BCUT2D eigenvalue weighted by Crippen LogP contribution is 2.24. The third kappa shape index (κ3) is 26.3. The zero-order chi connectivity index (χ0) is 32.7. The van der Waals surface area contributed by atoms with E-state index in [1.807, 2.05) is 0 Å². The van der Waals surface area contributed by atoms with Crippen LogP contribution in [0.1, 0.15) is 173 Å². The van der Waals surface area contributed by atoms with Crippen LogP contribution in [0.3, 0.4) is 0 Å². The van der Waals surface area contributed by atoms with Crippen molar-refractivity contribution in [2.45, 2.75) is 203 Å². The van der Waals surface area contributed by atoms with E-state index in [-0.39, 0.29) is 0 Å². The molecule has 2 aliphatic heterocycles. The number of hydrogen-bond acceptors (Lipinski definition) is 9. The van der Waals surface area contributed by atoms with Gasteiger partial charge < -0.3 is 44.8 Å². The number of hydrogen-bond donors (Lipinski definition) is 6. The zero-order valence-electron chi connectivity index (χ0n) is 28.5. The largest absolute Gasteiger partial charge is 0.376 e. The summed E-state index contributed by atoms with van der Waals surface area (Å²) in [4.78, 5) is 0. The molecular weight excluding hydrogens is 576 g/mol. The standard InChI is InChI=1S/3C10H20O2.C6H10O3/c3*11-10(12)8-6-4-2-1-3-5-7-9-10;1(5-3-8-5)7-2-6-4-9-6/h3*11-12H,1-9H2;5-6H,1-4H2. The summed E-state index contributed by atoms with van der Waals surface area (Å²) in [5, 5.41) is 56.7. The molecule has 3 aliphatic carbocycles. The first-order chi connectivity index (χ1) is 21.6. The Kier molecular flexibility index (Phi) is 21.7. The van der Waals surface area contributed by atoms with Crippen molar-refractivity contribution in [3.8, 4) is 0 Å². The molecule has 5 aliphatic rings. The third-order valence-corrected chi connectivity index (χ3v) is 9.38. The Hall–Kier alpha value is -0.360. The van der Waals surface area contributed by atoms with Crippen LogP contribution in [0, 0.1) is 0 Å². The molecule has 5 fully saturated rings. The Bertz CT molecular complexity index is 573. The Labute approximate surface area is 274 Å². The van der Waals surface area contributed by atoms with Crippen LogP contribution in [0.2, 0.25) is 0 Å². The maximum atomic E-state index is 9.45. The second kappa shape index (κ2) is 23.9. The summed E-state index contributed by atoms with van der Waals surface area (Å²) < 4.78 is 15.1. The maximum Gasteiger partial charge on any atom is 0.162 e. The number of aliphatic hydroxyl groups is 6. The highest BCUT2D eigenvalue weighted by Gasteiger charge is 2.27. The van der Waals surface area contributed by atoms with Gasteiger partial charge >= 0.3 is 0 Å². The molecule has 0 aromatic rings. The molecule has 45 heavy (non-hydrogen) atoms. The first-order valence-corrected chi connectivity index (χ1v) is 18.7. The molecule has 2 unspecified atom stereocenters. The Morgan fingerprint density at radius 2 is 0.533 bits per heavy atom.